The van der Waals surface area contributed by atoms with Crippen molar-refractivity contribution in [1.82, 2.24) is 5.32 Å². The molecular weight excluding hydrogens is 304 g/mol. The Bertz CT molecular complexity index is 696. The molecule has 0 aliphatic heterocycles. The molecule has 0 heterocycles. The number of hydrogen-bond donors (Lipinski definition) is 2. The van der Waals surface area contributed by atoms with Crippen molar-refractivity contribution in [3.05, 3.63) is 54.1 Å². The van der Waals surface area contributed by atoms with Gasteiger partial charge in [-0.25, -0.2) is 4.79 Å². The van der Waals surface area contributed by atoms with Crippen molar-refractivity contribution in [2.24, 2.45) is 5.92 Å². The van der Waals surface area contributed by atoms with Gasteiger partial charge in [-0.2, -0.15) is 0 Å². The predicted octanol–water partition coefficient (Wildman–Crippen LogP) is 3.98. The van der Waals surface area contributed by atoms with Crippen molar-refractivity contribution >= 4 is 11.7 Å². The maximum atomic E-state index is 12.4. The monoisotopic (exact) mass is 326 g/mol. The molecule has 1 aliphatic carbocycles. The summed E-state index contributed by atoms with van der Waals surface area (Å²) in [6, 6.07) is 15.0. The third kappa shape index (κ3) is 3.79. The van der Waals surface area contributed by atoms with Gasteiger partial charge in [0.05, 0.1) is 25.9 Å². The first-order valence-electron chi connectivity index (χ1n) is 8.05. The predicted molar refractivity (Wildman–Crippen MR) is 93.6 cm³/mol. The van der Waals surface area contributed by atoms with Gasteiger partial charge in [0.15, 0.2) is 0 Å². The van der Waals surface area contributed by atoms with Crippen LogP contribution in [-0.2, 0) is 0 Å². The van der Waals surface area contributed by atoms with Crippen LogP contribution in [0.4, 0.5) is 10.5 Å². The summed E-state index contributed by atoms with van der Waals surface area (Å²) < 4.78 is 10.5. The summed E-state index contributed by atoms with van der Waals surface area (Å²) in [5.74, 6) is 1.94. The lowest BCUT2D eigenvalue weighted by atomic mass is 10.0. The summed E-state index contributed by atoms with van der Waals surface area (Å²) in [5.41, 5.74) is 1.75. The molecule has 2 aromatic carbocycles. The number of carbonyl (C=O) groups excluding carboxylic acids is 1. The molecule has 0 spiro atoms. The summed E-state index contributed by atoms with van der Waals surface area (Å²) in [7, 11) is 3.23. The van der Waals surface area contributed by atoms with Crippen molar-refractivity contribution in [3.8, 4) is 11.5 Å². The number of benzene rings is 2. The van der Waals surface area contributed by atoms with Crippen molar-refractivity contribution < 1.29 is 14.3 Å². The molecule has 5 heteroatoms. The molecule has 1 fully saturated rings. The second-order valence-electron chi connectivity index (χ2n) is 5.89. The van der Waals surface area contributed by atoms with Crippen LogP contribution in [0, 0.1) is 5.92 Å². The molecule has 3 rings (SSSR count). The summed E-state index contributed by atoms with van der Waals surface area (Å²) in [6.07, 6.45) is 2.26. The fraction of sp³-hybridized carbons (Fsp3) is 0.316. The zero-order valence-electron chi connectivity index (χ0n) is 13.9. The number of nitrogens with one attached hydrogen (secondary N) is 2. The molecule has 5 nitrogen and oxygen atoms in total. The number of anilines is 1. The minimum absolute atomic E-state index is 0.00520. The first-order valence-corrected chi connectivity index (χ1v) is 8.05. The van der Waals surface area contributed by atoms with Crippen LogP contribution < -0.4 is 20.1 Å². The number of urea groups is 1. The van der Waals surface area contributed by atoms with Crippen molar-refractivity contribution in [3.63, 3.8) is 0 Å². The van der Waals surface area contributed by atoms with E-state index in [0.29, 0.717) is 17.4 Å². The Hall–Kier alpha value is -2.69. The Kier molecular flexibility index (Phi) is 4.89. The van der Waals surface area contributed by atoms with E-state index in [9.17, 15) is 4.79 Å². The average Bonchev–Trinajstić information content (AvgIpc) is 3.45. The molecular formula is C19H22N2O3. The highest BCUT2D eigenvalue weighted by atomic mass is 16.5. The third-order valence-electron chi connectivity index (χ3n) is 4.21. The van der Waals surface area contributed by atoms with Crippen molar-refractivity contribution in [1.29, 1.82) is 0 Å². The van der Waals surface area contributed by atoms with E-state index in [1.807, 2.05) is 48.5 Å². The van der Waals surface area contributed by atoms with Gasteiger partial charge in [-0.3, -0.25) is 0 Å². The number of para-hydroxylation sites is 2. The van der Waals surface area contributed by atoms with Gasteiger partial charge in [0.2, 0.25) is 0 Å². The van der Waals surface area contributed by atoms with Gasteiger partial charge in [0, 0.05) is 0 Å². The standard InChI is InChI=1S/C19H22N2O3/c1-23-15-11-9-14(10-12-15)18(13-7-8-13)21-19(22)20-16-5-3-4-6-17(16)24-2/h3-6,9-13,18H,7-8H2,1-2H3,(H2,20,21,22). The van der Waals surface area contributed by atoms with Gasteiger partial charge in [-0.05, 0) is 48.6 Å². The topological polar surface area (TPSA) is 59.6 Å². The molecule has 0 bridgehead atoms. The summed E-state index contributed by atoms with van der Waals surface area (Å²) >= 11 is 0. The van der Waals surface area contributed by atoms with Gasteiger partial charge >= 0.3 is 6.03 Å². The molecule has 2 amide bonds. The number of amides is 2. The summed E-state index contributed by atoms with van der Waals surface area (Å²) in [5, 5.41) is 5.95. The Morgan fingerprint density at radius 2 is 1.75 bits per heavy atom. The van der Waals surface area contributed by atoms with E-state index in [2.05, 4.69) is 10.6 Å². The molecule has 1 unspecified atom stereocenters. The molecule has 0 aromatic heterocycles. The number of methoxy groups -OCH3 is 2. The fourth-order valence-electron chi connectivity index (χ4n) is 2.76. The Balaban J connectivity index is 1.70. The Morgan fingerprint density at radius 1 is 1.04 bits per heavy atom. The van der Waals surface area contributed by atoms with Crippen LogP contribution >= 0.6 is 0 Å². The highest BCUT2D eigenvalue weighted by Gasteiger charge is 2.33. The van der Waals surface area contributed by atoms with Crippen molar-refractivity contribution in [2.75, 3.05) is 19.5 Å². The molecule has 0 radical (unpaired) electrons. The molecule has 1 aliphatic rings. The molecule has 126 valence electrons. The molecule has 24 heavy (non-hydrogen) atoms. The zero-order valence-corrected chi connectivity index (χ0v) is 13.9. The first-order chi connectivity index (χ1) is 11.7. The summed E-state index contributed by atoms with van der Waals surface area (Å²) in [6.45, 7) is 0. The maximum absolute atomic E-state index is 12.4. The van der Waals surface area contributed by atoms with Crippen LogP contribution in [-0.4, -0.2) is 20.3 Å². The van der Waals surface area contributed by atoms with Gasteiger partial charge in [0.1, 0.15) is 11.5 Å². The van der Waals surface area contributed by atoms with E-state index in [1.54, 1.807) is 14.2 Å². The normalized spacial score (nSPS) is 14.6. The van der Waals surface area contributed by atoms with E-state index in [4.69, 9.17) is 9.47 Å². The number of ether oxygens (including phenoxy) is 2. The van der Waals surface area contributed by atoms with Gasteiger partial charge < -0.3 is 20.1 Å². The van der Waals surface area contributed by atoms with E-state index >= 15 is 0 Å². The highest BCUT2D eigenvalue weighted by molar-refractivity contribution is 5.91. The van der Waals surface area contributed by atoms with Crippen LogP contribution in [0.1, 0.15) is 24.4 Å². The lowest BCUT2D eigenvalue weighted by Crippen LogP contribution is -2.33. The van der Waals surface area contributed by atoms with E-state index in [1.165, 1.54) is 0 Å². The van der Waals surface area contributed by atoms with Crippen LogP contribution in [0.3, 0.4) is 0 Å². The number of hydrogen-bond acceptors (Lipinski definition) is 3. The second-order valence-corrected chi connectivity index (χ2v) is 5.89. The van der Waals surface area contributed by atoms with E-state index in [0.717, 1.165) is 24.2 Å². The SMILES string of the molecule is COc1ccc(C(NC(=O)Nc2ccccc2OC)C2CC2)cc1. The lowest BCUT2D eigenvalue weighted by Gasteiger charge is -2.20. The molecule has 1 saturated carbocycles. The molecule has 2 N–H and O–H groups in total. The lowest BCUT2D eigenvalue weighted by molar-refractivity contribution is 0.247. The third-order valence-corrected chi connectivity index (χ3v) is 4.21. The maximum Gasteiger partial charge on any atom is 0.319 e. The minimum Gasteiger partial charge on any atom is -0.497 e. The van der Waals surface area contributed by atoms with Crippen LogP contribution in [0.15, 0.2) is 48.5 Å². The molecule has 2 aromatic rings. The highest BCUT2D eigenvalue weighted by Crippen LogP contribution is 2.41. The summed E-state index contributed by atoms with van der Waals surface area (Å²) in [4.78, 5) is 12.4. The molecule has 0 saturated heterocycles. The van der Waals surface area contributed by atoms with Gasteiger partial charge in [-0.15, -0.1) is 0 Å². The smallest absolute Gasteiger partial charge is 0.319 e. The van der Waals surface area contributed by atoms with E-state index < -0.39 is 0 Å². The van der Waals surface area contributed by atoms with Gasteiger partial charge in [-0.1, -0.05) is 24.3 Å². The van der Waals surface area contributed by atoms with E-state index in [-0.39, 0.29) is 12.1 Å². The number of rotatable bonds is 6. The average molecular weight is 326 g/mol. The number of carbonyl (C=O) groups is 1. The van der Waals surface area contributed by atoms with Crippen LogP contribution in [0.25, 0.3) is 0 Å². The quantitative estimate of drug-likeness (QED) is 0.844. The van der Waals surface area contributed by atoms with Gasteiger partial charge in [0.25, 0.3) is 0 Å². The Labute approximate surface area is 142 Å². The minimum atomic E-state index is -0.229. The van der Waals surface area contributed by atoms with Crippen LogP contribution in [0.2, 0.25) is 0 Å². The molecule has 1 atom stereocenters. The second kappa shape index (κ2) is 7.25. The largest absolute Gasteiger partial charge is 0.497 e. The Morgan fingerprint density at radius 3 is 2.38 bits per heavy atom. The zero-order chi connectivity index (χ0) is 16.9. The fourth-order valence-corrected chi connectivity index (χ4v) is 2.76. The van der Waals surface area contributed by atoms with Crippen molar-refractivity contribution in [2.45, 2.75) is 18.9 Å². The first kappa shape index (κ1) is 16.2. The van der Waals surface area contributed by atoms with Crippen LogP contribution in [0.5, 0.6) is 11.5 Å².